The third-order valence-corrected chi connectivity index (χ3v) is 3.40. The molecule has 1 aliphatic rings. The molecule has 1 heterocycles. The summed E-state index contributed by atoms with van der Waals surface area (Å²) in [4.78, 5) is 8.82. The van der Waals surface area contributed by atoms with Crippen LogP contribution in [-0.4, -0.2) is 29.7 Å². The van der Waals surface area contributed by atoms with E-state index in [1.54, 1.807) is 6.20 Å². The van der Waals surface area contributed by atoms with Crippen molar-refractivity contribution in [1.82, 2.24) is 15.3 Å². The molecule has 0 aliphatic heterocycles. The largest absolute Gasteiger partial charge is 0.473 e. The maximum Gasteiger partial charge on any atom is 0.233 e. The molecule has 1 fully saturated rings. The maximum atomic E-state index is 5.83. The third kappa shape index (κ3) is 2.29. The van der Waals surface area contributed by atoms with Crippen LogP contribution in [0.3, 0.4) is 0 Å². The molecule has 4 heteroatoms. The highest BCUT2D eigenvalue weighted by Gasteiger charge is 2.30. The molecule has 3 rings (SSSR count). The molecule has 0 atom stereocenters. The minimum atomic E-state index is 0.304. The Morgan fingerprint density at radius 1 is 1.28 bits per heavy atom. The number of hydrogen-bond acceptors (Lipinski definition) is 4. The molecule has 0 bridgehead atoms. The predicted octanol–water partition coefficient (Wildman–Crippen LogP) is 2.01. The van der Waals surface area contributed by atoms with Gasteiger partial charge in [0.25, 0.3) is 0 Å². The van der Waals surface area contributed by atoms with Crippen molar-refractivity contribution in [3.8, 4) is 5.88 Å². The van der Waals surface area contributed by atoms with Crippen LogP contribution >= 0.6 is 0 Å². The SMILES string of the molecule is CNCC1CC(Oc2cnc3ccccc3n2)C1. The van der Waals surface area contributed by atoms with E-state index in [1.165, 1.54) is 0 Å². The second-order valence-corrected chi connectivity index (χ2v) is 4.83. The van der Waals surface area contributed by atoms with E-state index in [4.69, 9.17) is 4.74 Å². The van der Waals surface area contributed by atoms with E-state index in [0.29, 0.717) is 12.0 Å². The second-order valence-electron chi connectivity index (χ2n) is 4.83. The van der Waals surface area contributed by atoms with Crippen LogP contribution in [0.15, 0.2) is 30.5 Å². The second kappa shape index (κ2) is 4.90. The van der Waals surface area contributed by atoms with E-state index in [-0.39, 0.29) is 0 Å². The summed E-state index contributed by atoms with van der Waals surface area (Å²) < 4.78 is 5.83. The van der Waals surface area contributed by atoms with Crippen LogP contribution in [0.25, 0.3) is 11.0 Å². The van der Waals surface area contributed by atoms with Gasteiger partial charge in [0.2, 0.25) is 5.88 Å². The molecule has 0 unspecified atom stereocenters. The molecule has 2 aromatic rings. The molecule has 1 aromatic carbocycles. The standard InChI is InChI=1S/C14H17N3O/c1-15-8-10-6-11(7-10)18-14-9-16-12-4-2-3-5-13(12)17-14/h2-5,9-11,15H,6-8H2,1H3. The summed E-state index contributed by atoms with van der Waals surface area (Å²) >= 11 is 0. The van der Waals surface area contributed by atoms with Crippen LogP contribution in [0, 0.1) is 5.92 Å². The summed E-state index contributed by atoms with van der Waals surface area (Å²) in [5.41, 5.74) is 1.80. The predicted molar refractivity (Wildman–Crippen MR) is 70.6 cm³/mol. The minimum Gasteiger partial charge on any atom is -0.473 e. The van der Waals surface area contributed by atoms with Crippen molar-refractivity contribution in [2.75, 3.05) is 13.6 Å². The molecule has 0 radical (unpaired) electrons. The van der Waals surface area contributed by atoms with Gasteiger partial charge < -0.3 is 10.1 Å². The molecule has 94 valence electrons. The molecule has 0 saturated heterocycles. The number of nitrogens with zero attached hydrogens (tertiary/aromatic N) is 2. The molecule has 1 aromatic heterocycles. The van der Waals surface area contributed by atoms with Crippen LogP contribution < -0.4 is 10.1 Å². The van der Waals surface area contributed by atoms with E-state index >= 15 is 0 Å². The summed E-state index contributed by atoms with van der Waals surface area (Å²) in [5, 5.41) is 3.19. The number of rotatable bonds is 4. The van der Waals surface area contributed by atoms with Crippen LogP contribution in [0.1, 0.15) is 12.8 Å². The Morgan fingerprint density at radius 3 is 2.83 bits per heavy atom. The Kier molecular flexibility index (Phi) is 3.11. The van der Waals surface area contributed by atoms with Gasteiger partial charge in [-0.25, -0.2) is 9.97 Å². The fourth-order valence-electron chi connectivity index (χ4n) is 2.39. The highest BCUT2D eigenvalue weighted by molar-refractivity contribution is 5.73. The van der Waals surface area contributed by atoms with Gasteiger partial charge in [0.1, 0.15) is 6.10 Å². The van der Waals surface area contributed by atoms with E-state index in [9.17, 15) is 0 Å². The zero-order valence-electron chi connectivity index (χ0n) is 10.5. The number of ether oxygens (including phenoxy) is 1. The normalized spacial score (nSPS) is 22.7. The summed E-state index contributed by atoms with van der Waals surface area (Å²) in [6.07, 6.45) is 4.23. The van der Waals surface area contributed by atoms with Crippen LogP contribution in [0.2, 0.25) is 0 Å². The van der Waals surface area contributed by atoms with Crippen LogP contribution in [0.4, 0.5) is 0 Å². The van der Waals surface area contributed by atoms with Crippen molar-refractivity contribution >= 4 is 11.0 Å². The average molecular weight is 243 g/mol. The van der Waals surface area contributed by atoms with Gasteiger partial charge in [0.15, 0.2) is 0 Å². The fourth-order valence-corrected chi connectivity index (χ4v) is 2.39. The van der Waals surface area contributed by atoms with Crippen molar-refractivity contribution in [1.29, 1.82) is 0 Å². The Morgan fingerprint density at radius 2 is 2.06 bits per heavy atom. The van der Waals surface area contributed by atoms with Crippen molar-refractivity contribution in [2.24, 2.45) is 5.92 Å². The fraction of sp³-hybridized carbons (Fsp3) is 0.429. The first-order valence-corrected chi connectivity index (χ1v) is 6.38. The first kappa shape index (κ1) is 11.4. The molecular formula is C14H17N3O. The Labute approximate surface area is 106 Å². The third-order valence-electron chi connectivity index (χ3n) is 3.40. The molecule has 4 nitrogen and oxygen atoms in total. The molecule has 0 amide bonds. The van der Waals surface area contributed by atoms with Gasteiger partial charge in [-0.2, -0.15) is 0 Å². The number of fused-ring (bicyclic) bond motifs is 1. The molecular weight excluding hydrogens is 226 g/mol. The van der Waals surface area contributed by atoms with Crippen molar-refractivity contribution in [2.45, 2.75) is 18.9 Å². The summed E-state index contributed by atoms with van der Waals surface area (Å²) in [7, 11) is 1.99. The van der Waals surface area contributed by atoms with Gasteiger partial charge in [-0.1, -0.05) is 12.1 Å². The van der Waals surface area contributed by atoms with Crippen molar-refractivity contribution in [3.05, 3.63) is 30.5 Å². The van der Waals surface area contributed by atoms with Gasteiger partial charge in [-0.3, -0.25) is 0 Å². The lowest BCUT2D eigenvalue weighted by Crippen LogP contribution is -2.38. The van der Waals surface area contributed by atoms with Crippen molar-refractivity contribution < 1.29 is 4.74 Å². The highest BCUT2D eigenvalue weighted by Crippen LogP contribution is 2.30. The quantitative estimate of drug-likeness (QED) is 0.892. The minimum absolute atomic E-state index is 0.304. The topological polar surface area (TPSA) is 47.0 Å². The molecule has 1 aliphatic carbocycles. The summed E-state index contributed by atoms with van der Waals surface area (Å²) in [6.45, 7) is 1.07. The van der Waals surface area contributed by atoms with Crippen LogP contribution in [-0.2, 0) is 0 Å². The number of benzene rings is 1. The van der Waals surface area contributed by atoms with E-state index in [2.05, 4.69) is 15.3 Å². The average Bonchev–Trinajstić information content (AvgIpc) is 2.36. The van der Waals surface area contributed by atoms with Gasteiger partial charge in [-0.15, -0.1) is 0 Å². The number of hydrogen-bond donors (Lipinski definition) is 1. The van der Waals surface area contributed by atoms with Crippen LogP contribution in [0.5, 0.6) is 5.88 Å². The summed E-state index contributed by atoms with van der Waals surface area (Å²) in [5.74, 6) is 1.38. The van der Waals surface area contributed by atoms with Gasteiger partial charge in [0, 0.05) is 0 Å². The van der Waals surface area contributed by atoms with E-state index in [1.807, 2.05) is 31.3 Å². The first-order chi connectivity index (χ1) is 8.85. The number of nitrogens with one attached hydrogen (secondary N) is 1. The monoisotopic (exact) mass is 243 g/mol. The Balaban J connectivity index is 1.65. The molecule has 1 saturated carbocycles. The molecule has 0 spiro atoms. The lowest BCUT2D eigenvalue weighted by Gasteiger charge is -2.34. The summed E-state index contributed by atoms with van der Waals surface area (Å²) in [6, 6.07) is 7.84. The zero-order valence-corrected chi connectivity index (χ0v) is 10.5. The molecule has 1 N–H and O–H groups in total. The molecule has 18 heavy (non-hydrogen) atoms. The number of aromatic nitrogens is 2. The lowest BCUT2D eigenvalue weighted by molar-refractivity contribution is 0.0617. The Bertz CT molecular complexity index is 537. The Hall–Kier alpha value is -1.68. The lowest BCUT2D eigenvalue weighted by atomic mass is 9.82. The van der Waals surface area contributed by atoms with Crippen molar-refractivity contribution in [3.63, 3.8) is 0 Å². The first-order valence-electron chi connectivity index (χ1n) is 6.38. The maximum absolute atomic E-state index is 5.83. The van der Waals surface area contributed by atoms with E-state index < -0.39 is 0 Å². The van der Waals surface area contributed by atoms with Gasteiger partial charge >= 0.3 is 0 Å². The highest BCUT2D eigenvalue weighted by atomic mass is 16.5. The number of para-hydroxylation sites is 2. The van der Waals surface area contributed by atoms with Gasteiger partial charge in [0.05, 0.1) is 17.2 Å². The smallest absolute Gasteiger partial charge is 0.233 e. The zero-order chi connectivity index (χ0) is 12.4. The van der Waals surface area contributed by atoms with E-state index in [0.717, 1.165) is 36.3 Å². The van der Waals surface area contributed by atoms with Gasteiger partial charge in [-0.05, 0) is 44.5 Å².